The molecule has 0 aromatic heterocycles. The van der Waals surface area contributed by atoms with E-state index in [0.29, 0.717) is 11.8 Å². The second-order valence-electron chi connectivity index (χ2n) is 17.1. The maximum Gasteiger partial charge on any atom is 0.248 e. The highest BCUT2D eigenvalue weighted by Gasteiger charge is 2.18. The molecule has 312 valence electrons. The molecule has 0 aliphatic carbocycles. The van der Waals surface area contributed by atoms with Crippen LogP contribution in [0, 0.1) is 11.8 Å². The van der Waals surface area contributed by atoms with Crippen LogP contribution < -0.4 is 0 Å². The summed E-state index contributed by atoms with van der Waals surface area (Å²) in [6.45, 7) is 20.9. The molecule has 0 saturated heterocycles. The Labute approximate surface area is 331 Å². The summed E-state index contributed by atoms with van der Waals surface area (Å²) in [6, 6.07) is 0. The van der Waals surface area contributed by atoms with Crippen molar-refractivity contribution in [2.24, 2.45) is 11.8 Å². The number of amides is 2. The molecule has 0 aromatic carbocycles. The summed E-state index contributed by atoms with van der Waals surface area (Å²) in [5.74, 6) is 1.22. The van der Waals surface area contributed by atoms with Gasteiger partial charge in [0.2, 0.25) is 11.8 Å². The molecule has 5 nitrogen and oxygen atoms in total. The van der Waals surface area contributed by atoms with Crippen LogP contribution in [-0.2, 0) is 14.3 Å². The number of ether oxygens (including phenoxy) is 1. The third kappa shape index (κ3) is 34.6. The minimum absolute atomic E-state index is 0.000844. The normalized spacial score (nSPS) is 12.4. The molecule has 0 saturated carbocycles. The zero-order valence-electron chi connectivity index (χ0n) is 37.1. The van der Waals surface area contributed by atoms with Crippen LogP contribution in [0.15, 0.2) is 23.3 Å². The Balaban J connectivity index is 5.00. The Bertz CT molecular complexity index is 832. The van der Waals surface area contributed by atoms with Crippen LogP contribution in [-0.4, -0.2) is 61.0 Å². The number of allylic oxidation sites excluding steroid dienone is 4. The van der Waals surface area contributed by atoms with Gasteiger partial charge in [-0.3, -0.25) is 9.59 Å². The number of unbranched alkanes of at least 4 members (excludes halogenated alkanes) is 18. The van der Waals surface area contributed by atoms with Gasteiger partial charge in [0, 0.05) is 26.2 Å². The average Bonchev–Trinajstić information content (AvgIpc) is 3.11. The topological polar surface area (TPSA) is 49.9 Å². The number of carbonyl (C=O) groups excluding carboxylic acids is 2. The van der Waals surface area contributed by atoms with Crippen LogP contribution in [0.25, 0.3) is 0 Å². The third-order valence-corrected chi connectivity index (χ3v) is 10.9. The minimum atomic E-state index is 0.000844. The van der Waals surface area contributed by atoms with Crippen molar-refractivity contribution in [2.45, 2.75) is 222 Å². The number of carbonyl (C=O) groups is 2. The zero-order valence-corrected chi connectivity index (χ0v) is 37.1. The van der Waals surface area contributed by atoms with E-state index in [4.69, 9.17) is 4.74 Å². The Kier molecular flexibility index (Phi) is 36.2. The van der Waals surface area contributed by atoms with Crippen LogP contribution >= 0.6 is 0 Å². The molecule has 0 aromatic rings. The number of rotatable bonds is 38. The maximum absolute atomic E-state index is 13.5. The van der Waals surface area contributed by atoms with Gasteiger partial charge in [-0.05, 0) is 90.9 Å². The first-order valence-electron chi connectivity index (χ1n) is 23.0. The molecule has 2 unspecified atom stereocenters. The van der Waals surface area contributed by atoms with Gasteiger partial charge in [0.15, 0.2) is 0 Å². The van der Waals surface area contributed by atoms with Gasteiger partial charge in [-0.15, -0.1) is 0 Å². The Morgan fingerprint density at radius 1 is 0.453 bits per heavy atom. The fourth-order valence-corrected chi connectivity index (χ4v) is 7.07. The van der Waals surface area contributed by atoms with Crippen LogP contribution in [0.2, 0.25) is 0 Å². The lowest BCUT2D eigenvalue weighted by atomic mass is 10.0. The lowest BCUT2D eigenvalue weighted by Gasteiger charge is -2.26. The van der Waals surface area contributed by atoms with Crippen molar-refractivity contribution >= 4 is 11.8 Å². The maximum atomic E-state index is 13.5. The predicted octanol–water partition coefficient (Wildman–Crippen LogP) is 14.0. The first-order valence-corrected chi connectivity index (χ1v) is 23.0. The minimum Gasteiger partial charge on any atom is -0.362 e. The molecule has 0 aliphatic rings. The SMILES string of the molecule is CCCCCCCCCCCCN(CCC(C)CCC=C(C)C)C(=O)COCC(=O)N(CCCCCCCCCCCC)CCC(C)CCC=C(C)C. The van der Waals surface area contributed by atoms with Crippen molar-refractivity contribution in [3.05, 3.63) is 23.3 Å². The van der Waals surface area contributed by atoms with E-state index < -0.39 is 0 Å². The molecule has 0 bridgehead atoms. The van der Waals surface area contributed by atoms with E-state index >= 15 is 0 Å². The first-order chi connectivity index (χ1) is 25.6. The van der Waals surface area contributed by atoms with E-state index in [2.05, 4.69) is 67.5 Å². The fourth-order valence-electron chi connectivity index (χ4n) is 7.07. The smallest absolute Gasteiger partial charge is 0.248 e. The predicted molar refractivity (Wildman–Crippen MR) is 233 cm³/mol. The summed E-state index contributed by atoms with van der Waals surface area (Å²) in [5, 5.41) is 0. The first kappa shape index (κ1) is 51.4. The average molecular weight is 745 g/mol. The summed E-state index contributed by atoms with van der Waals surface area (Å²) in [4.78, 5) is 31.1. The molecular formula is C48H92N2O3. The lowest BCUT2D eigenvalue weighted by Crippen LogP contribution is -2.39. The van der Waals surface area contributed by atoms with Crippen LogP contribution in [0.5, 0.6) is 0 Å². The monoisotopic (exact) mass is 745 g/mol. The Morgan fingerprint density at radius 2 is 0.755 bits per heavy atom. The van der Waals surface area contributed by atoms with Crippen molar-refractivity contribution in [2.75, 3.05) is 39.4 Å². The molecule has 2 amide bonds. The van der Waals surface area contributed by atoms with Crippen LogP contribution in [0.3, 0.4) is 0 Å². The van der Waals surface area contributed by atoms with Gasteiger partial charge < -0.3 is 14.5 Å². The van der Waals surface area contributed by atoms with Crippen LogP contribution in [0.1, 0.15) is 222 Å². The van der Waals surface area contributed by atoms with E-state index in [1.807, 2.05) is 9.80 Å². The summed E-state index contributed by atoms with van der Waals surface area (Å²) < 4.78 is 5.92. The van der Waals surface area contributed by atoms with Gasteiger partial charge in [0.1, 0.15) is 13.2 Å². The van der Waals surface area contributed by atoms with Gasteiger partial charge in [-0.2, -0.15) is 0 Å². The summed E-state index contributed by atoms with van der Waals surface area (Å²) >= 11 is 0. The summed E-state index contributed by atoms with van der Waals surface area (Å²) in [7, 11) is 0. The van der Waals surface area contributed by atoms with Crippen molar-refractivity contribution in [3.8, 4) is 0 Å². The molecule has 5 heteroatoms. The van der Waals surface area contributed by atoms with Gasteiger partial charge in [0.25, 0.3) is 0 Å². The number of hydrogen-bond donors (Lipinski definition) is 0. The van der Waals surface area contributed by atoms with Gasteiger partial charge in [-0.1, -0.05) is 167 Å². The molecule has 0 heterocycles. The van der Waals surface area contributed by atoms with Crippen LogP contribution in [0.4, 0.5) is 0 Å². The standard InChI is InChI=1S/C48H92N2O3/c1-9-11-13-15-17-19-21-23-25-27-37-49(39-35-45(7)33-29-31-43(3)4)47(51)41-53-42-48(52)50(40-36-46(8)34-30-32-44(5)6)38-28-26-24-22-20-18-16-14-12-10-2/h31-32,45-46H,9-30,33-42H2,1-8H3. The van der Waals surface area contributed by atoms with Crippen molar-refractivity contribution in [1.82, 2.24) is 9.80 Å². The van der Waals surface area contributed by atoms with E-state index in [9.17, 15) is 9.59 Å². The highest BCUT2D eigenvalue weighted by molar-refractivity contribution is 5.79. The van der Waals surface area contributed by atoms with Gasteiger partial charge in [-0.25, -0.2) is 0 Å². The largest absolute Gasteiger partial charge is 0.362 e. The third-order valence-electron chi connectivity index (χ3n) is 10.9. The Morgan fingerprint density at radius 3 is 1.06 bits per heavy atom. The van der Waals surface area contributed by atoms with Crippen molar-refractivity contribution in [3.63, 3.8) is 0 Å². The second kappa shape index (κ2) is 37.3. The highest BCUT2D eigenvalue weighted by Crippen LogP contribution is 2.17. The van der Waals surface area contributed by atoms with E-state index in [1.165, 1.54) is 127 Å². The van der Waals surface area contributed by atoms with E-state index in [0.717, 1.165) is 77.5 Å². The zero-order chi connectivity index (χ0) is 39.4. The number of nitrogens with zero attached hydrogens (tertiary/aromatic N) is 2. The molecule has 0 rings (SSSR count). The van der Waals surface area contributed by atoms with Crippen molar-refractivity contribution in [1.29, 1.82) is 0 Å². The van der Waals surface area contributed by atoms with E-state index in [1.54, 1.807) is 0 Å². The molecule has 2 atom stereocenters. The van der Waals surface area contributed by atoms with E-state index in [-0.39, 0.29) is 25.0 Å². The highest BCUT2D eigenvalue weighted by atomic mass is 16.5. The molecule has 0 radical (unpaired) electrons. The lowest BCUT2D eigenvalue weighted by molar-refractivity contribution is -0.142. The fraction of sp³-hybridized carbons (Fsp3) is 0.875. The molecule has 53 heavy (non-hydrogen) atoms. The molecular weight excluding hydrogens is 653 g/mol. The molecule has 0 spiro atoms. The molecule has 0 fully saturated rings. The summed E-state index contributed by atoms with van der Waals surface area (Å²) in [6.07, 6.45) is 36.9. The Hall–Kier alpha value is -1.62. The molecule has 0 N–H and O–H groups in total. The second-order valence-corrected chi connectivity index (χ2v) is 17.1. The van der Waals surface area contributed by atoms with Gasteiger partial charge >= 0.3 is 0 Å². The van der Waals surface area contributed by atoms with Crippen molar-refractivity contribution < 1.29 is 14.3 Å². The summed E-state index contributed by atoms with van der Waals surface area (Å²) in [5.41, 5.74) is 2.75. The van der Waals surface area contributed by atoms with Gasteiger partial charge in [0.05, 0.1) is 0 Å². The number of hydrogen-bond acceptors (Lipinski definition) is 3. The molecule has 0 aliphatic heterocycles. The quantitative estimate of drug-likeness (QED) is 0.0467.